The molecule has 0 aliphatic heterocycles. The standard InChI is InChI=1S/C34H30ClN3O6S/c35-26-12-15-29(16-13-26)45(42,43)18-4-5-23-10-17-32(39)31(19-23)38(21-33(36)40)34(41)25-7-3-8-28(20-25)44-22-27-14-11-24-6-1-2-9-30(24)37-27/h1-3,6-17,19-20,39H,4-5,18,21-22H2,(H2,36,40). The van der Waals surface area contributed by atoms with Gasteiger partial charge in [0.25, 0.3) is 5.91 Å². The fraction of sp³-hybridized carbons (Fsp3) is 0.147. The van der Waals surface area contributed by atoms with Gasteiger partial charge in [-0.05, 0) is 85.1 Å². The quantitative estimate of drug-likeness (QED) is 0.177. The van der Waals surface area contributed by atoms with E-state index in [2.05, 4.69) is 4.98 Å². The number of halogens is 1. The third-order valence-electron chi connectivity index (χ3n) is 7.06. The van der Waals surface area contributed by atoms with E-state index in [9.17, 15) is 23.1 Å². The number of phenolic OH excluding ortho intramolecular Hbond substituents is 1. The van der Waals surface area contributed by atoms with Crippen molar-refractivity contribution in [1.29, 1.82) is 0 Å². The fourth-order valence-electron chi connectivity index (χ4n) is 4.81. The highest BCUT2D eigenvalue weighted by Gasteiger charge is 2.23. The molecule has 0 aliphatic rings. The number of pyridine rings is 1. The van der Waals surface area contributed by atoms with Crippen molar-refractivity contribution < 1.29 is 27.9 Å². The SMILES string of the molecule is NC(=O)CN(C(=O)c1cccc(OCc2ccc3ccccc3n2)c1)c1cc(CCCS(=O)(=O)c2ccc(Cl)cc2)ccc1O. The molecule has 0 fully saturated rings. The first-order chi connectivity index (χ1) is 21.6. The number of rotatable bonds is 12. The maximum absolute atomic E-state index is 13.7. The van der Waals surface area contributed by atoms with Gasteiger partial charge >= 0.3 is 0 Å². The molecule has 1 heterocycles. The van der Waals surface area contributed by atoms with Crippen LogP contribution in [0, 0.1) is 0 Å². The molecule has 0 saturated heterocycles. The van der Waals surface area contributed by atoms with E-state index in [1.54, 1.807) is 36.4 Å². The van der Waals surface area contributed by atoms with Gasteiger partial charge in [-0.25, -0.2) is 13.4 Å². The van der Waals surface area contributed by atoms with Crippen molar-refractivity contribution in [1.82, 2.24) is 4.98 Å². The molecular formula is C34H30ClN3O6S. The number of carbonyl (C=O) groups excluding carboxylic acids is 2. The average Bonchev–Trinajstić information content (AvgIpc) is 3.03. The van der Waals surface area contributed by atoms with Gasteiger partial charge in [0, 0.05) is 16.0 Å². The second kappa shape index (κ2) is 13.8. The third-order valence-corrected chi connectivity index (χ3v) is 9.13. The number of aromatic hydroxyl groups is 1. The topological polar surface area (TPSA) is 140 Å². The first-order valence-electron chi connectivity index (χ1n) is 14.1. The van der Waals surface area contributed by atoms with Crippen molar-refractivity contribution in [3.05, 3.63) is 125 Å². The minimum absolute atomic E-state index is 0.0727. The van der Waals surface area contributed by atoms with Crippen molar-refractivity contribution in [2.45, 2.75) is 24.3 Å². The first kappa shape index (κ1) is 31.5. The summed E-state index contributed by atoms with van der Waals surface area (Å²) in [5.41, 5.74) is 7.99. The highest BCUT2D eigenvalue weighted by Crippen LogP contribution is 2.31. The van der Waals surface area contributed by atoms with Crippen LogP contribution in [0.15, 0.2) is 108 Å². The number of anilines is 1. The first-order valence-corrected chi connectivity index (χ1v) is 16.1. The zero-order valence-electron chi connectivity index (χ0n) is 24.1. The molecule has 5 rings (SSSR count). The molecule has 11 heteroatoms. The molecule has 0 aliphatic carbocycles. The summed E-state index contributed by atoms with van der Waals surface area (Å²) in [6, 6.07) is 28.6. The normalized spacial score (nSPS) is 11.3. The van der Waals surface area contributed by atoms with Gasteiger partial charge in [0.2, 0.25) is 5.91 Å². The molecule has 0 spiro atoms. The Balaban J connectivity index is 1.30. The van der Waals surface area contributed by atoms with Crippen LogP contribution in [0.25, 0.3) is 10.9 Å². The van der Waals surface area contributed by atoms with Crippen LogP contribution >= 0.6 is 11.6 Å². The number of amides is 2. The van der Waals surface area contributed by atoms with E-state index < -0.39 is 28.2 Å². The number of para-hydroxylation sites is 1. The van der Waals surface area contributed by atoms with Gasteiger partial charge in [-0.15, -0.1) is 0 Å². The molecule has 0 radical (unpaired) electrons. The summed E-state index contributed by atoms with van der Waals surface area (Å²) >= 11 is 5.87. The smallest absolute Gasteiger partial charge is 0.259 e. The number of hydrogen-bond donors (Lipinski definition) is 2. The molecule has 0 unspecified atom stereocenters. The Bertz CT molecular complexity index is 1970. The largest absolute Gasteiger partial charge is 0.506 e. The van der Waals surface area contributed by atoms with E-state index in [4.69, 9.17) is 22.1 Å². The molecule has 9 nitrogen and oxygen atoms in total. The molecule has 0 saturated carbocycles. The number of nitrogens with zero attached hydrogens (tertiary/aromatic N) is 2. The van der Waals surface area contributed by atoms with E-state index in [1.165, 1.54) is 30.3 Å². The van der Waals surface area contributed by atoms with Crippen molar-refractivity contribution in [2.75, 3.05) is 17.2 Å². The van der Waals surface area contributed by atoms with Gasteiger partial charge in [0.05, 0.1) is 27.5 Å². The summed E-state index contributed by atoms with van der Waals surface area (Å²) in [4.78, 5) is 31.6. The Morgan fingerprint density at radius 3 is 2.47 bits per heavy atom. The fourth-order valence-corrected chi connectivity index (χ4v) is 6.25. The Morgan fingerprint density at radius 1 is 0.911 bits per heavy atom. The van der Waals surface area contributed by atoms with E-state index in [0.717, 1.165) is 15.8 Å². The van der Waals surface area contributed by atoms with Gasteiger partial charge in [-0.2, -0.15) is 0 Å². The van der Waals surface area contributed by atoms with Crippen molar-refractivity contribution in [3.8, 4) is 11.5 Å². The van der Waals surface area contributed by atoms with Crippen LogP contribution in [0.4, 0.5) is 5.69 Å². The van der Waals surface area contributed by atoms with E-state index >= 15 is 0 Å². The molecule has 230 valence electrons. The predicted octanol–water partition coefficient (Wildman–Crippen LogP) is 5.71. The van der Waals surface area contributed by atoms with Gasteiger partial charge in [0.1, 0.15) is 24.7 Å². The maximum atomic E-state index is 13.7. The third kappa shape index (κ3) is 7.97. The van der Waals surface area contributed by atoms with Crippen LogP contribution in [0.3, 0.4) is 0 Å². The molecule has 0 bridgehead atoms. The van der Waals surface area contributed by atoms with Crippen LogP contribution < -0.4 is 15.4 Å². The molecule has 4 aromatic carbocycles. The van der Waals surface area contributed by atoms with Crippen molar-refractivity contribution >= 4 is 49.8 Å². The summed E-state index contributed by atoms with van der Waals surface area (Å²) in [6.07, 6.45) is 0.620. The van der Waals surface area contributed by atoms with Crippen LogP contribution in [-0.4, -0.2) is 42.6 Å². The molecule has 3 N–H and O–H groups in total. The number of aryl methyl sites for hydroxylation is 1. The number of benzene rings is 4. The average molecular weight is 644 g/mol. The minimum atomic E-state index is -3.53. The lowest BCUT2D eigenvalue weighted by Crippen LogP contribution is -2.38. The molecule has 5 aromatic rings. The van der Waals surface area contributed by atoms with Crippen LogP contribution in [-0.2, 0) is 27.7 Å². The van der Waals surface area contributed by atoms with Gasteiger partial charge in [-0.1, -0.05) is 48.0 Å². The van der Waals surface area contributed by atoms with Crippen LogP contribution in [0.2, 0.25) is 5.02 Å². The zero-order chi connectivity index (χ0) is 32.0. The summed E-state index contributed by atoms with van der Waals surface area (Å²) in [6.45, 7) is -0.322. The number of sulfone groups is 1. The summed E-state index contributed by atoms with van der Waals surface area (Å²) < 4.78 is 31.4. The number of hydrogen-bond acceptors (Lipinski definition) is 7. The van der Waals surface area contributed by atoms with E-state index in [1.807, 2.05) is 36.4 Å². The minimum Gasteiger partial charge on any atom is -0.506 e. The Kier molecular flexibility index (Phi) is 9.65. The number of carbonyl (C=O) groups is 2. The monoisotopic (exact) mass is 643 g/mol. The number of aromatic nitrogens is 1. The zero-order valence-corrected chi connectivity index (χ0v) is 25.7. The predicted molar refractivity (Wildman–Crippen MR) is 173 cm³/mol. The highest BCUT2D eigenvalue weighted by molar-refractivity contribution is 7.91. The Labute approximate surface area is 265 Å². The summed E-state index contributed by atoms with van der Waals surface area (Å²) in [7, 11) is -3.53. The molecule has 0 atom stereocenters. The lowest BCUT2D eigenvalue weighted by Gasteiger charge is -2.23. The molecule has 45 heavy (non-hydrogen) atoms. The van der Waals surface area contributed by atoms with Gasteiger partial charge in [0.15, 0.2) is 9.84 Å². The van der Waals surface area contributed by atoms with E-state index in [0.29, 0.717) is 28.5 Å². The lowest BCUT2D eigenvalue weighted by molar-refractivity contribution is -0.116. The van der Waals surface area contributed by atoms with Gasteiger partial charge in [-0.3, -0.25) is 14.5 Å². The highest BCUT2D eigenvalue weighted by atomic mass is 35.5. The number of ether oxygens (including phenoxy) is 1. The van der Waals surface area contributed by atoms with Gasteiger partial charge < -0.3 is 15.6 Å². The second-order valence-electron chi connectivity index (χ2n) is 10.4. The molecule has 2 amide bonds. The number of fused-ring (bicyclic) bond motifs is 1. The number of primary amides is 1. The van der Waals surface area contributed by atoms with Crippen LogP contribution in [0.1, 0.15) is 28.0 Å². The molecule has 1 aromatic heterocycles. The molecular weight excluding hydrogens is 614 g/mol. The van der Waals surface area contributed by atoms with E-state index in [-0.39, 0.29) is 40.7 Å². The Hall–Kier alpha value is -4.93. The van der Waals surface area contributed by atoms with Crippen molar-refractivity contribution in [3.63, 3.8) is 0 Å². The summed E-state index contributed by atoms with van der Waals surface area (Å²) in [5, 5.41) is 12.2. The number of nitrogens with two attached hydrogens (primary N) is 1. The number of phenols is 1. The summed E-state index contributed by atoms with van der Waals surface area (Å²) in [5.74, 6) is -1.31. The Morgan fingerprint density at radius 2 is 1.69 bits per heavy atom. The maximum Gasteiger partial charge on any atom is 0.259 e. The van der Waals surface area contributed by atoms with Crippen molar-refractivity contribution in [2.24, 2.45) is 5.73 Å². The second-order valence-corrected chi connectivity index (χ2v) is 12.9. The van der Waals surface area contributed by atoms with Crippen LogP contribution in [0.5, 0.6) is 11.5 Å². The lowest BCUT2D eigenvalue weighted by atomic mass is 10.1.